The highest BCUT2D eigenvalue weighted by molar-refractivity contribution is 5.95. The van der Waals surface area contributed by atoms with Crippen LogP contribution in [0.4, 0.5) is 0 Å². The third kappa shape index (κ3) is 3.79. The van der Waals surface area contributed by atoms with E-state index in [1.54, 1.807) is 19.5 Å². The number of hydrogen-bond acceptors (Lipinski definition) is 4. The molecule has 0 bridgehead atoms. The summed E-state index contributed by atoms with van der Waals surface area (Å²) < 4.78 is 5.19. The van der Waals surface area contributed by atoms with Crippen LogP contribution in [0.1, 0.15) is 36.0 Å². The molecule has 3 rings (SSSR count). The standard InChI is InChI=1S/C19H23N3O2/c1-24-11-9-18-4-2-3-10-22(18)19(23)16-7-5-15(6-8-16)17-12-20-14-21-13-17/h5-8,12-14,18H,2-4,9-11H2,1H3/t18-/m1/s1. The highest BCUT2D eigenvalue weighted by Gasteiger charge is 2.27. The van der Waals surface area contributed by atoms with E-state index in [0.29, 0.717) is 6.61 Å². The molecule has 1 amide bonds. The Morgan fingerprint density at radius 1 is 1.17 bits per heavy atom. The summed E-state index contributed by atoms with van der Waals surface area (Å²) in [5.41, 5.74) is 2.70. The predicted molar refractivity (Wildman–Crippen MR) is 92.6 cm³/mol. The average molecular weight is 325 g/mol. The van der Waals surface area contributed by atoms with Gasteiger partial charge in [-0.2, -0.15) is 0 Å². The maximum Gasteiger partial charge on any atom is 0.254 e. The van der Waals surface area contributed by atoms with Crippen molar-refractivity contribution in [3.63, 3.8) is 0 Å². The number of aromatic nitrogens is 2. The van der Waals surface area contributed by atoms with Crippen molar-refractivity contribution in [1.82, 2.24) is 14.9 Å². The van der Waals surface area contributed by atoms with Gasteiger partial charge < -0.3 is 9.64 Å². The van der Waals surface area contributed by atoms with E-state index in [4.69, 9.17) is 4.74 Å². The van der Waals surface area contributed by atoms with E-state index in [-0.39, 0.29) is 11.9 Å². The molecule has 0 spiro atoms. The molecule has 0 saturated carbocycles. The number of nitrogens with zero attached hydrogens (tertiary/aromatic N) is 3. The summed E-state index contributed by atoms with van der Waals surface area (Å²) in [6.07, 6.45) is 9.29. The zero-order valence-corrected chi connectivity index (χ0v) is 14.0. The van der Waals surface area contributed by atoms with Crippen LogP contribution in [0.2, 0.25) is 0 Å². The first kappa shape index (κ1) is 16.6. The van der Waals surface area contributed by atoms with E-state index in [1.807, 2.05) is 29.2 Å². The topological polar surface area (TPSA) is 55.3 Å². The van der Waals surface area contributed by atoms with Gasteiger partial charge in [-0.15, -0.1) is 0 Å². The van der Waals surface area contributed by atoms with Gasteiger partial charge in [-0.1, -0.05) is 12.1 Å². The molecule has 1 atom stereocenters. The van der Waals surface area contributed by atoms with Crippen LogP contribution >= 0.6 is 0 Å². The van der Waals surface area contributed by atoms with Crippen molar-refractivity contribution in [2.24, 2.45) is 0 Å². The third-order valence-electron chi connectivity index (χ3n) is 4.57. The summed E-state index contributed by atoms with van der Waals surface area (Å²) in [5, 5.41) is 0. The highest BCUT2D eigenvalue weighted by atomic mass is 16.5. The monoisotopic (exact) mass is 325 g/mol. The Balaban J connectivity index is 1.74. The molecule has 2 aromatic rings. The predicted octanol–water partition coefficient (Wildman–Crippen LogP) is 3.17. The van der Waals surface area contributed by atoms with E-state index in [2.05, 4.69) is 9.97 Å². The van der Waals surface area contributed by atoms with Gasteiger partial charge in [-0.3, -0.25) is 4.79 Å². The van der Waals surface area contributed by atoms with Crippen LogP contribution in [0, 0.1) is 0 Å². The minimum absolute atomic E-state index is 0.117. The molecule has 1 fully saturated rings. The van der Waals surface area contributed by atoms with Crippen LogP contribution in [0.5, 0.6) is 0 Å². The van der Waals surface area contributed by atoms with Crippen molar-refractivity contribution >= 4 is 5.91 Å². The molecule has 5 nitrogen and oxygen atoms in total. The Bertz CT molecular complexity index is 658. The van der Waals surface area contributed by atoms with E-state index < -0.39 is 0 Å². The Hall–Kier alpha value is -2.27. The molecular weight excluding hydrogens is 302 g/mol. The molecule has 0 radical (unpaired) electrons. The molecule has 0 N–H and O–H groups in total. The number of methoxy groups -OCH3 is 1. The van der Waals surface area contributed by atoms with Crippen molar-refractivity contribution in [1.29, 1.82) is 0 Å². The van der Waals surface area contributed by atoms with Gasteiger partial charge in [0.15, 0.2) is 0 Å². The smallest absolute Gasteiger partial charge is 0.254 e. The van der Waals surface area contributed by atoms with Crippen molar-refractivity contribution < 1.29 is 9.53 Å². The minimum Gasteiger partial charge on any atom is -0.385 e. The van der Waals surface area contributed by atoms with Gasteiger partial charge in [-0.25, -0.2) is 9.97 Å². The molecule has 5 heteroatoms. The molecule has 1 saturated heterocycles. The third-order valence-corrected chi connectivity index (χ3v) is 4.57. The Labute approximate surface area is 142 Å². The largest absolute Gasteiger partial charge is 0.385 e. The lowest BCUT2D eigenvalue weighted by atomic mass is 9.98. The first-order chi connectivity index (χ1) is 11.8. The molecule has 0 aliphatic carbocycles. The van der Waals surface area contributed by atoms with Gasteiger partial charge >= 0.3 is 0 Å². The molecule has 1 aromatic heterocycles. The quantitative estimate of drug-likeness (QED) is 0.847. The van der Waals surface area contributed by atoms with Crippen LogP contribution in [-0.4, -0.2) is 47.1 Å². The minimum atomic E-state index is 0.117. The van der Waals surface area contributed by atoms with E-state index in [0.717, 1.165) is 42.5 Å². The van der Waals surface area contributed by atoms with E-state index in [9.17, 15) is 4.79 Å². The van der Waals surface area contributed by atoms with Gasteiger partial charge in [0, 0.05) is 49.8 Å². The zero-order chi connectivity index (χ0) is 16.8. The molecule has 1 aliphatic heterocycles. The van der Waals surface area contributed by atoms with Gasteiger partial charge in [0.1, 0.15) is 6.33 Å². The number of ether oxygens (including phenoxy) is 1. The highest BCUT2D eigenvalue weighted by Crippen LogP contribution is 2.23. The first-order valence-corrected chi connectivity index (χ1v) is 8.45. The van der Waals surface area contributed by atoms with Crippen molar-refractivity contribution in [2.45, 2.75) is 31.7 Å². The Kier molecular flexibility index (Phi) is 5.54. The molecule has 126 valence electrons. The Morgan fingerprint density at radius 2 is 1.92 bits per heavy atom. The fourth-order valence-corrected chi connectivity index (χ4v) is 3.24. The van der Waals surface area contributed by atoms with Crippen LogP contribution in [-0.2, 0) is 4.74 Å². The number of piperidine rings is 1. The SMILES string of the molecule is COCC[C@H]1CCCCN1C(=O)c1ccc(-c2cncnc2)cc1. The van der Waals surface area contributed by atoms with Crippen molar-refractivity contribution in [3.05, 3.63) is 48.5 Å². The summed E-state index contributed by atoms with van der Waals surface area (Å²) >= 11 is 0. The van der Waals surface area contributed by atoms with Crippen LogP contribution in [0.15, 0.2) is 43.0 Å². The van der Waals surface area contributed by atoms with Crippen LogP contribution in [0.25, 0.3) is 11.1 Å². The normalized spacial score (nSPS) is 17.7. The zero-order valence-electron chi connectivity index (χ0n) is 14.0. The van der Waals surface area contributed by atoms with Gasteiger partial charge in [-0.05, 0) is 43.4 Å². The lowest BCUT2D eigenvalue weighted by Gasteiger charge is -2.36. The van der Waals surface area contributed by atoms with Crippen molar-refractivity contribution in [2.75, 3.05) is 20.3 Å². The number of carbonyl (C=O) groups excluding carboxylic acids is 1. The van der Waals surface area contributed by atoms with E-state index in [1.165, 1.54) is 12.7 Å². The number of amides is 1. The summed E-state index contributed by atoms with van der Waals surface area (Å²) in [6, 6.07) is 7.99. The molecule has 2 heterocycles. The van der Waals surface area contributed by atoms with Crippen LogP contribution in [0.3, 0.4) is 0 Å². The van der Waals surface area contributed by atoms with E-state index >= 15 is 0 Å². The summed E-state index contributed by atoms with van der Waals surface area (Å²) in [4.78, 5) is 23.0. The number of rotatable bonds is 5. The Morgan fingerprint density at radius 3 is 2.62 bits per heavy atom. The summed E-state index contributed by atoms with van der Waals surface area (Å²) in [5.74, 6) is 0.117. The van der Waals surface area contributed by atoms with Gasteiger partial charge in [0.2, 0.25) is 0 Å². The number of carbonyl (C=O) groups is 1. The van der Waals surface area contributed by atoms with Crippen molar-refractivity contribution in [3.8, 4) is 11.1 Å². The fourth-order valence-electron chi connectivity index (χ4n) is 3.24. The van der Waals surface area contributed by atoms with Crippen LogP contribution < -0.4 is 0 Å². The van der Waals surface area contributed by atoms with Gasteiger partial charge in [0.25, 0.3) is 5.91 Å². The average Bonchev–Trinajstić information content (AvgIpc) is 2.67. The second kappa shape index (κ2) is 8.02. The molecule has 24 heavy (non-hydrogen) atoms. The molecule has 0 unspecified atom stereocenters. The second-order valence-electron chi connectivity index (χ2n) is 6.13. The number of benzene rings is 1. The lowest BCUT2D eigenvalue weighted by molar-refractivity contribution is 0.0553. The molecule has 1 aliphatic rings. The maximum atomic E-state index is 12.9. The summed E-state index contributed by atoms with van der Waals surface area (Å²) in [6.45, 7) is 1.53. The summed E-state index contributed by atoms with van der Waals surface area (Å²) in [7, 11) is 1.71. The number of hydrogen-bond donors (Lipinski definition) is 0. The molecule has 1 aromatic carbocycles. The molecular formula is C19H23N3O2. The second-order valence-corrected chi connectivity index (χ2v) is 6.13. The lowest BCUT2D eigenvalue weighted by Crippen LogP contribution is -2.44. The number of likely N-dealkylation sites (tertiary alicyclic amines) is 1. The fraction of sp³-hybridized carbons (Fsp3) is 0.421. The first-order valence-electron chi connectivity index (χ1n) is 8.45. The van der Waals surface area contributed by atoms with Gasteiger partial charge in [0.05, 0.1) is 0 Å². The maximum absolute atomic E-state index is 12.9.